The summed E-state index contributed by atoms with van der Waals surface area (Å²) in [5.41, 5.74) is 3.46. The van der Waals surface area contributed by atoms with E-state index in [1.165, 1.54) is 0 Å². The summed E-state index contributed by atoms with van der Waals surface area (Å²) in [6.45, 7) is 5.24. The van der Waals surface area contributed by atoms with Crippen LogP contribution >= 0.6 is 11.6 Å². The number of carbonyl (C=O) groups excluding carboxylic acids is 2. The molecule has 0 radical (unpaired) electrons. The van der Waals surface area contributed by atoms with Crippen molar-refractivity contribution >= 4 is 23.4 Å². The molecule has 0 atom stereocenters. The van der Waals surface area contributed by atoms with Crippen molar-refractivity contribution in [1.82, 2.24) is 4.57 Å². The van der Waals surface area contributed by atoms with Crippen LogP contribution in [0.1, 0.15) is 46.2 Å². The van der Waals surface area contributed by atoms with Crippen molar-refractivity contribution in [3.8, 4) is 5.75 Å². The molecule has 0 spiro atoms. The standard InChI is InChI=1S/C20H22ClNO4/c1-12-8-15(21)4-7-19(12)25-11-20(24)26-10-18(23)17-9-13(2)22(14(17)3)16-5-6-16/h4,7-9,16H,5-6,10-11H2,1-3H3. The van der Waals surface area contributed by atoms with E-state index in [0.717, 1.165) is 29.8 Å². The second-order valence-electron chi connectivity index (χ2n) is 6.67. The third-order valence-corrected chi connectivity index (χ3v) is 4.78. The molecular formula is C20H22ClNO4. The van der Waals surface area contributed by atoms with Gasteiger partial charge in [-0.05, 0) is 63.4 Å². The number of nitrogens with zero attached hydrogens (tertiary/aromatic N) is 1. The number of esters is 1. The highest BCUT2D eigenvalue weighted by Gasteiger charge is 2.28. The molecule has 1 aliphatic rings. The lowest BCUT2D eigenvalue weighted by molar-refractivity contribution is -0.144. The Morgan fingerprint density at radius 1 is 1.15 bits per heavy atom. The fourth-order valence-electron chi connectivity index (χ4n) is 3.13. The predicted octanol–water partition coefficient (Wildman–Crippen LogP) is 4.21. The average Bonchev–Trinajstić information content (AvgIpc) is 3.37. The number of hydrogen-bond acceptors (Lipinski definition) is 4. The molecule has 0 aliphatic heterocycles. The molecule has 3 rings (SSSR count). The molecule has 1 saturated carbocycles. The third-order valence-electron chi connectivity index (χ3n) is 4.54. The van der Waals surface area contributed by atoms with Gasteiger partial charge in [-0.1, -0.05) is 11.6 Å². The van der Waals surface area contributed by atoms with Gasteiger partial charge in [-0.2, -0.15) is 0 Å². The molecule has 0 saturated heterocycles. The first kappa shape index (κ1) is 18.5. The molecular weight excluding hydrogens is 354 g/mol. The minimum absolute atomic E-state index is 0.193. The van der Waals surface area contributed by atoms with Gasteiger partial charge in [-0.15, -0.1) is 0 Å². The Morgan fingerprint density at radius 3 is 2.54 bits per heavy atom. The van der Waals surface area contributed by atoms with E-state index in [9.17, 15) is 9.59 Å². The first-order chi connectivity index (χ1) is 12.4. The van der Waals surface area contributed by atoms with Crippen molar-refractivity contribution in [3.05, 3.63) is 51.8 Å². The molecule has 1 aliphatic carbocycles. The number of halogens is 1. The Morgan fingerprint density at radius 2 is 1.88 bits per heavy atom. The van der Waals surface area contributed by atoms with E-state index in [4.69, 9.17) is 21.1 Å². The number of Topliss-reactive ketones (excluding diaryl/α,β-unsaturated/α-hetero) is 1. The minimum atomic E-state index is -0.580. The van der Waals surface area contributed by atoms with Crippen molar-refractivity contribution in [1.29, 1.82) is 0 Å². The van der Waals surface area contributed by atoms with Gasteiger partial charge in [-0.25, -0.2) is 4.79 Å². The number of benzene rings is 1. The molecule has 0 amide bonds. The van der Waals surface area contributed by atoms with E-state index < -0.39 is 5.97 Å². The maximum absolute atomic E-state index is 12.4. The van der Waals surface area contributed by atoms with Crippen LogP contribution in [-0.4, -0.2) is 29.5 Å². The molecule has 5 nitrogen and oxygen atoms in total. The zero-order valence-corrected chi connectivity index (χ0v) is 15.9. The first-order valence-electron chi connectivity index (χ1n) is 8.63. The van der Waals surface area contributed by atoms with Crippen molar-refractivity contribution in [3.63, 3.8) is 0 Å². The summed E-state index contributed by atoms with van der Waals surface area (Å²) in [4.78, 5) is 24.3. The Hall–Kier alpha value is -2.27. The van der Waals surface area contributed by atoms with Gasteiger partial charge in [-0.3, -0.25) is 4.79 Å². The lowest BCUT2D eigenvalue weighted by atomic mass is 10.1. The van der Waals surface area contributed by atoms with Crippen molar-refractivity contribution < 1.29 is 19.1 Å². The number of aryl methyl sites for hydroxylation is 2. The van der Waals surface area contributed by atoms with E-state index in [1.54, 1.807) is 18.2 Å². The molecule has 0 unspecified atom stereocenters. The Bertz CT molecular complexity index is 852. The number of rotatable bonds is 7. The highest BCUT2D eigenvalue weighted by Crippen LogP contribution is 2.38. The average molecular weight is 376 g/mol. The van der Waals surface area contributed by atoms with Gasteiger partial charge in [0.15, 0.2) is 13.2 Å². The molecule has 0 bridgehead atoms. The minimum Gasteiger partial charge on any atom is -0.482 e. The van der Waals surface area contributed by atoms with Crippen LogP contribution in [0.2, 0.25) is 5.02 Å². The van der Waals surface area contributed by atoms with E-state index >= 15 is 0 Å². The van der Waals surface area contributed by atoms with Crippen LogP contribution in [0.3, 0.4) is 0 Å². The van der Waals surface area contributed by atoms with Crippen LogP contribution in [0, 0.1) is 20.8 Å². The molecule has 138 valence electrons. The number of ether oxygens (including phenoxy) is 2. The number of hydrogen-bond donors (Lipinski definition) is 0. The fraction of sp³-hybridized carbons (Fsp3) is 0.400. The molecule has 1 aromatic carbocycles. The van der Waals surface area contributed by atoms with Crippen LogP contribution in [-0.2, 0) is 9.53 Å². The molecule has 6 heteroatoms. The highest BCUT2D eigenvalue weighted by molar-refractivity contribution is 6.30. The quantitative estimate of drug-likeness (QED) is 0.537. The Kier molecular flexibility index (Phi) is 5.37. The zero-order valence-electron chi connectivity index (χ0n) is 15.2. The molecule has 1 fully saturated rings. The smallest absolute Gasteiger partial charge is 0.344 e. The second-order valence-corrected chi connectivity index (χ2v) is 7.10. The van der Waals surface area contributed by atoms with Crippen LogP contribution in [0.5, 0.6) is 5.75 Å². The molecule has 26 heavy (non-hydrogen) atoms. The summed E-state index contributed by atoms with van der Waals surface area (Å²) in [5.74, 6) is -0.213. The van der Waals surface area contributed by atoms with Gasteiger partial charge in [0.25, 0.3) is 0 Å². The lowest BCUT2D eigenvalue weighted by Gasteiger charge is -2.09. The predicted molar refractivity (Wildman–Crippen MR) is 99.2 cm³/mol. The highest BCUT2D eigenvalue weighted by atomic mass is 35.5. The second kappa shape index (κ2) is 7.54. The largest absolute Gasteiger partial charge is 0.482 e. The molecule has 0 N–H and O–H groups in total. The van der Waals surface area contributed by atoms with Gasteiger partial charge in [0.1, 0.15) is 5.75 Å². The zero-order chi connectivity index (χ0) is 18.8. The van der Waals surface area contributed by atoms with E-state index in [2.05, 4.69) is 4.57 Å². The van der Waals surface area contributed by atoms with Gasteiger partial charge in [0.2, 0.25) is 5.78 Å². The summed E-state index contributed by atoms with van der Waals surface area (Å²) in [7, 11) is 0. The Labute approximate surface area is 157 Å². The van der Waals surface area contributed by atoms with Crippen LogP contribution in [0.15, 0.2) is 24.3 Å². The van der Waals surface area contributed by atoms with Crippen LogP contribution in [0.25, 0.3) is 0 Å². The summed E-state index contributed by atoms with van der Waals surface area (Å²) in [6.07, 6.45) is 2.31. The number of carbonyl (C=O) groups is 2. The van der Waals surface area contributed by atoms with E-state index in [1.807, 2.05) is 26.8 Å². The first-order valence-corrected chi connectivity index (χ1v) is 9.01. The monoisotopic (exact) mass is 375 g/mol. The maximum Gasteiger partial charge on any atom is 0.344 e. The van der Waals surface area contributed by atoms with Crippen molar-refractivity contribution in [2.24, 2.45) is 0 Å². The maximum atomic E-state index is 12.4. The van der Waals surface area contributed by atoms with Crippen molar-refractivity contribution in [2.75, 3.05) is 13.2 Å². The van der Waals surface area contributed by atoms with E-state index in [-0.39, 0.29) is 19.0 Å². The molecule has 1 heterocycles. The normalized spacial score (nSPS) is 13.5. The van der Waals surface area contributed by atoms with Crippen molar-refractivity contribution in [2.45, 2.75) is 39.7 Å². The topological polar surface area (TPSA) is 57.5 Å². The van der Waals surface area contributed by atoms with Crippen LogP contribution < -0.4 is 4.74 Å². The SMILES string of the molecule is Cc1cc(Cl)ccc1OCC(=O)OCC(=O)c1cc(C)n(C2CC2)c1C. The van der Waals surface area contributed by atoms with Gasteiger partial charge >= 0.3 is 5.97 Å². The van der Waals surface area contributed by atoms with E-state index in [0.29, 0.717) is 22.4 Å². The lowest BCUT2D eigenvalue weighted by Crippen LogP contribution is -2.20. The number of aromatic nitrogens is 1. The number of ketones is 1. The third kappa shape index (κ3) is 4.10. The van der Waals surface area contributed by atoms with Gasteiger partial charge in [0.05, 0.1) is 0 Å². The summed E-state index contributed by atoms with van der Waals surface area (Å²) in [5, 5.41) is 0.604. The summed E-state index contributed by atoms with van der Waals surface area (Å²) < 4.78 is 12.7. The summed E-state index contributed by atoms with van der Waals surface area (Å²) >= 11 is 5.88. The van der Waals surface area contributed by atoms with Gasteiger partial charge in [0, 0.05) is 28.0 Å². The van der Waals surface area contributed by atoms with Crippen LogP contribution in [0.4, 0.5) is 0 Å². The fourth-order valence-corrected chi connectivity index (χ4v) is 3.36. The molecule has 2 aromatic rings. The van der Waals surface area contributed by atoms with Gasteiger partial charge < -0.3 is 14.0 Å². The molecule has 1 aromatic heterocycles. The summed E-state index contributed by atoms with van der Waals surface area (Å²) in [6, 6.07) is 7.52. The Balaban J connectivity index is 1.53.